The van der Waals surface area contributed by atoms with Crippen molar-refractivity contribution >= 4 is 27.5 Å². The standard InChI is InChI=1S/C14H11BrClF2N/c15-11-5-6-13(17)10(14(11)18)8-19-7-9-3-1-2-4-12(9)16/h1-6,19H,7-8H2. The zero-order chi connectivity index (χ0) is 13.8. The number of rotatable bonds is 4. The van der Waals surface area contributed by atoms with E-state index in [9.17, 15) is 8.78 Å². The van der Waals surface area contributed by atoms with E-state index in [1.807, 2.05) is 18.2 Å². The van der Waals surface area contributed by atoms with Crippen LogP contribution in [0.5, 0.6) is 0 Å². The average Bonchev–Trinajstić information content (AvgIpc) is 2.40. The fourth-order valence-corrected chi connectivity index (χ4v) is 2.27. The Morgan fingerprint density at radius 3 is 2.53 bits per heavy atom. The molecule has 2 rings (SSSR count). The van der Waals surface area contributed by atoms with Crippen molar-refractivity contribution in [2.45, 2.75) is 13.1 Å². The van der Waals surface area contributed by atoms with Gasteiger partial charge in [-0.1, -0.05) is 29.8 Å². The lowest BCUT2D eigenvalue weighted by Gasteiger charge is -2.09. The van der Waals surface area contributed by atoms with Crippen LogP contribution in [0.15, 0.2) is 40.9 Å². The van der Waals surface area contributed by atoms with Crippen LogP contribution in [0, 0.1) is 11.6 Å². The third-order valence-corrected chi connectivity index (χ3v) is 3.70. The molecule has 0 spiro atoms. The Balaban J connectivity index is 2.04. The SMILES string of the molecule is Fc1ccc(Br)c(F)c1CNCc1ccccc1Cl. The summed E-state index contributed by atoms with van der Waals surface area (Å²) < 4.78 is 27.5. The molecule has 0 bridgehead atoms. The van der Waals surface area contributed by atoms with Crippen LogP contribution in [0.4, 0.5) is 8.78 Å². The van der Waals surface area contributed by atoms with Gasteiger partial charge in [0.1, 0.15) is 11.6 Å². The second kappa shape index (κ2) is 6.46. The highest BCUT2D eigenvalue weighted by atomic mass is 79.9. The molecule has 0 saturated carbocycles. The summed E-state index contributed by atoms with van der Waals surface area (Å²) in [5, 5.41) is 3.61. The largest absolute Gasteiger partial charge is 0.308 e. The van der Waals surface area contributed by atoms with E-state index >= 15 is 0 Å². The Morgan fingerprint density at radius 1 is 1.05 bits per heavy atom. The van der Waals surface area contributed by atoms with E-state index in [0.29, 0.717) is 11.6 Å². The maximum atomic E-state index is 13.7. The normalized spacial score (nSPS) is 10.7. The summed E-state index contributed by atoms with van der Waals surface area (Å²) in [7, 11) is 0. The highest BCUT2D eigenvalue weighted by Crippen LogP contribution is 2.21. The summed E-state index contributed by atoms with van der Waals surface area (Å²) in [6.07, 6.45) is 0. The van der Waals surface area contributed by atoms with Gasteiger partial charge in [-0.05, 0) is 39.7 Å². The molecule has 0 fully saturated rings. The van der Waals surface area contributed by atoms with Crippen molar-refractivity contribution in [1.29, 1.82) is 0 Å². The van der Waals surface area contributed by atoms with Crippen LogP contribution in [0.2, 0.25) is 5.02 Å². The van der Waals surface area contributed by atoms with Crippen molar-refractivity contribution < 1.29 is 8.78 Å². The van der Waals surface area contributed by atoms with Crippen molar-refractivity contribution in [3.63, 3.8) is 0 Å². The third-order valence-electron chi connectivity index (χ3n) is 2.71. The lowest BCUT2D eigenvalue weighted by atomic mass is 10.2. The lowest BCUT2D eigenvalue weighted by Crippen LogP contribution is -2.15. The van der Waals surface area contributed by atoms with Crippen molar-refractivity contribution in [3.05, 3.63) is 68.7 Å². The number of nitrogens with one attached hydrogen (secondary N) is 1. The molecule has 1 nitrogen and oxygen atoms in total. The van der Waals surface area contributed by atoms with Crippen LogP contribution in [0.1, 0.15) is 11.1 Å². The second-order valence-electron chi connectivity index (χ2n) is 4.02. The summed E-state index contributed by atoms with van der Waals surface area (Å²) in [6.45, 7) is 0.549. The molecule has 100 valence electrons. The minimum atomic E-state index is -0.577. The molecule has 0 atom stereocenters. The molecule has 5 heteroatoms. The van der Waals surface area contributed by atoms with Crippen LogP contribution < -0.4 is 5.32 Å². The van der Waals surface area contributed by atoms with E-state index < -0.39 is 11.6 Å². The minimum absolute atomic E-state index is 0.0152. The molecule has 2 aromatic rings. The fourth-order valence-electron chi connectivity index (χ4n) is 1.70. The van der Waals surface area contributed by atoms with Gasteiger partial charge < -0.3 is 5.32 Å². The zero-order valence-corrected chi connectivity index (χ0v) is 12.2. The Morgan fingerprint density at radius 2 is 1.79 bits per heavy atom. The molecular weight excluding hydrogens is 336 g/mol. The van der Waals surface area contributed by atoms with Crippen LogP contribution in [0.3, 0.4) is 0 Å². The van der Waals surface area contributed by atoms with Gasteiger partial charge in [-0.3, -0.25) is 0 Å². The summed E-state index contributed by atoms with van der Waals surface area (Å²) in [5.41, 5.74) is 0.904. The maximum Gasteiger partial charge on any atom is 0.144 e. The van der Waals surface area contributed by atoms with Gasteiger partial charge in [0.2, 0.25) is 0 Å². The summed E-state index contributed by atoms with van der Waals surface area (Å²) >= 11 is 9.04. The van der Waals surface area contributed by atoms with E-state index in [1.54, 1.807) is 6.07 Å². The van der Waals surface area contributed by atoms with Crippen molar-refractivity contribution in [1.82, 2.24) is 5.32 Å². The minimum Gasteiger partial charge on any atom is -0.308 e. The Hall–Kier alpha value is -0.970. The predicted molar refractivity (Wildman–Crippen MR) is 76.1 cm³/mol. The first kappa shape index (κ1) is 14.4. The van der Waals surface area contributed by atoms with Crippen molar-refractivity contribution in [2.24, 2.45) is 0 Å². The topological polar surface area (TPSA) is 12.0 Å². The molecule has 0 radical (unpaired) electrons. The van der Waals surface area contributed by atoms with E-state index in [0.717, 1.165) is 5.56 Å². The average molecular weight is 347 g/mol. The number of benzene rings is 2. The molecule has 0 aromatic heterocycles. The maximum absolute atomic E-state index is 13.7. The fraction of sp³-hybridized carbons (Fsp3) is 0.143. The van der Waals surface area contributed by atoms with Gasteiger partial charge >= 0.3 is 0 Å². The molecule has 0 amide bonds. The van der Waals surface area contributed by atoms with E-state index in [2.05, 4.69) is 21.2 Å². The van der Waals surface area contributed by atoms with Crippen molar-refractivity contribution in [3.8, 4) is 0 Å². The molecular formula is C14H11BrClF2N. The number of hydrogen-bond donors (Lipinski definition) is 1. The third kappa shape index (κ3) is 3.53. The van der Waals surface area contributed by atoms with Gasteiger partial charge in [0.25, 0.3) is 0 Å². The quantitative estimate of drug-likeness (QED) is 0.793. The molecule has 0 unspecified atom stereocenters. The Labute approximate surface area is 123 Å². The molecule has 0 aliphatic rings. The first-order valence-corrected chi connectivity index (χ1v) is 6.83. The van der Waals surface area contributed by atoms with Gasteiger partial charge in [0, 0.05) is 23.7 Å². The van der Waals surface area contributed by atoms with Gasteiger partial charge in [-0.2, -0.15) is 0 Å². The Kier molecular flexibility index (Phi) is 4.91. The van der Waals surface area contributed by atoms with Gasteiger partial charge in [0.05, 0.1) is 4.47 Å². The molecule has 2 aromatic carbocycles. The van der Waals surface area contributed by atoms with Gasteiger partial charge in [-0.15, -0.1) is 0 Å². The number of halogens is 4. The first-order valence-electron chi connectivity index (χ1n) is 5.66. The second-order valence-corrected chi connectivity index (χ2v) is 5.28. The summed E-state index contributed by atoms with van der Waals surface area (Å²) in [5.74, 6) is -1.14. The summed E-state index contributed by atoms with van der Waals surface area (Å²) in [6, 6.07) is 9.92. The van der Waals surface area contributed by atoms with Crippen LogP contribution in [0.25, 0.3) is 0 Å². The highest BCUT2D eigenvalue weighted by Gasteiger charge is 2.11. The molecule has 0 saturated heterocycles. The van der Waals surface area contributed by atoms with Gasteiger partial charge in [-0.25, -0.2) is 8.78 Å². The predicted octanol–water partition coefficient (Wildman–Crippen LogP) is 4.67. The first-order chi connectivity index (χ1) is 9.09. The Bertz CT molecular complexity index is 590. The van der Waals surface area contributed by atoms with Crippen molar-refractivity contribution in [2.75, 3.05) is 0 Å². The highest BCUT2D eigenvalue weighted by molar-refractivity contribution is 9.10. The molecule has 19 heavy (non-hydrogen) atoms. The van der Waals surface area contributed by atoms with E-state index in [4.69, 9.17) is 11.6 Å². The van der Waals surface area contributed by atoms with Gasteiger partial charge in [0.15, 0.2) is 0 Å². The summed E-state index contributed by atoms with van der Waals surface area (Å²) in [4.78, 5) is 0. The molecule has 0 aliphatic carbocycles. The molecule has 0 heterocycles. The monoisotopic (exact) mass is 345 g/mol. The smallest absolute Gasteiger partial charge is 0.144 e. The van der Waals surface area contributed by atoms with Crippen LogP contribution >= 0.6 is 27.5 Å². The number of hydrogen-bond acceptors (Lipinski definition) is 1. The van der Waals surface area contributed by atoms with E-state index in [-0.39, 0.29) is 16.6 Å². The molecule has 0 aliphatic heterocycles. The van der Waals surface area contributed by atoms with Crippen LogP contribution in [-0.4, -0.2) is 0 Å². The lowest BCUT2D eigenvalue weighted by molar-refractivity contribution is 0.532. The van der Waals surface area contributed by atoms with E-state index in [1.165, 1.54) is 12.1 Å². The molecule has 1 N–H and O–H groups in total. The zero-order valence-electron chi connectivity index (χ0n) is 9.89. The van der Waals surface area contributed by atoms with Crippen LogP contribution in [-0.2, 0) is 13.1 Å².